The average molecular weight is 285 g/mol. The van der Waals surface area contributed by atoms with E-state index in [1.165, 1.54) is 5.56 Å². The van der Waals surface area contributed by atoms with Gasteiger partial charge in [0.1, 0.15) is 13.2 Å². The topological polar surface area (TPSA) is 69.4 Å². The molecule has 1 aromatic carbocycles. The van der Waals surface area contributed by atoms with Gasteiger partial charge in [0.05, 0.1) is 0 Å². The number of ether oxygens (including phenoxy) is 2. The lowest BCUT2D eigenvalue weighted by Gasteiger charge is -2.22. The number of benzene rings is 1. The van der Waals surface area contributed by atoms with Crippen LogP contribution in [0.25, 0.3) is 0 Å². The van der Waals surface area contributed by atoms with E-state index in [9.17, 15) is 0 Å². The summed E-state index contributed by atoms with van der Waals surface area (Å²) in [7, 11) is 0. The van der Waals surface area contributed by atoms with Crippen LogP contribution >= 0.6 is 0 Å². The Balaban J connectivity index is 1.71. The highest BCUT2D eigenvalue weighted by Crippen LogP contribution is 2.33. The fourth-order valence-corrected chi connectivity index (χ4v) is 2.48. The number of nitrogens with two attached hydrogens (primary N) is 1. The van der Waals surface area contributed by atoms with Crippen molar-refractivity contribution in [3.63, 3.8) is 0 Å². The maximum atomic E-state index is 5.71. The monoisotopic (exact) mass is 285 g/mol. The summed E-state index contributed by atoms with van der Waals surface area (Å²) in [6.45, 7) is 1.20. The molecule has 0 radical (unpaired) electrons. The molecule has 1 aliphatic heterocycles. The summed E-state index contributed by atoms with van der Waals surface area (Å²) >= 11 is 0. The van der Waals surface area contributed by atoms with Crippen molar-refractivity contribution in [2.45, 2.75) is 18.9 Å². The second-order valence-electron chi connectivity index (χ2n) is 5.02. The number of rotatable bonds is 5. The molecule has 5 nitrogen and oxygen atoms in total. The Morgan fingerprint density at radius 2 is 1.86 bits per heavy atom. The van der Waals surface area contributed by atoms with Crippen LogP contribution < -0.4 is 20.7 Å². The molecule has 2 heterocycles. The van der Waals surface area contributed by atoms with E-state index >= 15 is 0 Å². The van der Waals surface area contributed by atoms with Crippen molar-refractivity contribution >= 4 is 0 Å². The summed E-state index contributed by atoms with van der Waals surface area (Å²) < 4.78 is 11.2. The molecule has 3 rings (SSSR count). The number of aryl methyl sites for hydroxylation is 1. The van der Waals surface area contributed by atoms with Gasteiger partial charge in [0.2, 0.25) is 0 Å². The van der Waals surface area contributed by atoms with Crippen LogP contribution in [0.3, 0.4) is 0 Å². The van der Waals surface area contributed by atoms with Crippen molar-refractivity contribution in [3.05, 3.63) is 53.9 Å². The summed E-state index contributed by atoms with van der Waals surface area (Å²) in [5, 5.41) is 0. The molecule has 21 heavy (non-hydrogen) atoms. The van der Waals surface area contributed by atoms with Crippen LogP contribution in [0.1, 0.15) is 23.6 Å². The van der Waals surface area contributed by atoms with Crippen LogP contribution in [0.5, 0.6) is 11.5 Å². The van der Waals surface area contributed by atoms with Gasteiger partial charge in [-0.25, -0.2) is 0 Å². The van der Waals surface area contributed by atoms with E-state index in [0.717, 1.165) is 29.9 Å². The molecule has 1 aliphatic rings. The third-order valence-corrected chi connectivity index (χ3v) is 3.64. The largest absolute Gasteiger partial charge is 0.486 e. The first-order valence-electron chi connectivity index (χ1n) is 7.11. The van der Waals surface area contributed by atoms with Gasteiger partial charge in [-0.1, -0.05) is 6.07 Å². The fraction of sp³-hybridized carbons (Fsp3) is 0.312. The molecule has 0 fully saturated rings. The Hall–Kier alpha value is -2.11. The van der Waals surface area contributed by atoms with Gasteiger partial charge in [0.15, 0.2) is 11.5 Å². The van der Waals surface area contributed by atoms with Gasteiger partial charge in [0, 0.05) is 18.4 Å². The first kappa shape index (κ1) is 13.9. The van der Waals surface area contributed by atoms with Gasteiger partial charge in [-0.3, -0.25) is 16.3 Å². The van der Waals surface area contributed by atoms with Gasteiger partial charge in [-0.15, -0.1) is 0 Å². The predicted molar refractivity (Wildman–Crippen MR) is 80.1 cm³/mol. The van der Waals surface area contributed by atoms with Gasteiger partial charge < -0.3 is 9.47 Å². The van der Waals surface area contributed by atoms with E-state index in [-0.39, 0.29) is 6.04 Å². The lowest BCUT2D eigenvalue weighted by atomic mass is 9.99. The molecule has 0 bridgehead atoms. The van der Waals surface area contributed by atoms with Crippen LogP contribution in [0.4, 0.5) is 0 Å². The molecule has 5 heteroatoms. The normalized spacial score (nSPS) is 14.7. The van der Waals surface area contributed by atoms with Crippen LogP contribution in [0.2, 0.25) is 0 Å². The molecule has 0 saturated carbocycles. The van der Waals surface area contributed by atoms with E-state index in [1.807, 2.05) is 42.7 Å². The minimum atomic E-state index is 0.0778. The molecule has 0 amide bonds. The van der Waals surface area contributed by atoms with Gasteiger partial charge in [-0.2, -0.15) is 0 Å². The average Bonchev–Trinajstić information content (AvgIpc) is 2.56. The number of pyridine rings is 1. The first-order valence-corrected chi connectivity index (χ1v) is 7.11. The number of hydrazine groups is 1. The molecule has 1 atom stereocenters. The minimum Gasteiger partial charge on any atom is -0.486 e. The quantitative estimate of drug-likeness (QED) is 0.649. The number of hydrogen-bond acceptors (Lipinski definition) is 5. The molecule has 110 valence electrons. The summed E-state index contributed by atoms with van der Waals surface area (Å²) in [5.74, 6) is 7.31. The maximum absolute atomic E-state index is 5.71. The summed E-state index contributed by atoms with van der Waals surface area (Å²) in [6.07, 6.45) is 5.46. The number of aromatic nitrogens is 1. The highest BCUT2D eigenvalue weighted by Gasteiger charge is 2.16. The number of hydrogen-bond donors (Lipinski definition) is 2. The van der Waals surface area contributed by atoms with Crippen molar-refractivity contribution in [2.24, 2.45) is 5.84 Å². The molecular formula is C16H19N3O2. The second kappa shape index (κ2) is 6.56. The smallest absolute Gasteiger partial charge is 0.161 e. The van der Waals surface area contributed by atoms with Crippen molar-refractivity contribution in [2.75, 3.05) is 13.2 Å². The zero-order valence-electron chi connectivity index (χ0n) is 11.8. The molecule has 1 unspecified atom stereocenters. The van der Waals surface area contributed by atoms with Crippen LogP contribution in [0.15, 0.2) is 42.7 Å². The zero-order chi connectivity index (χ0) is 14.5. The van der Waals surface area contributed by atoms with Crippen LogP contribution in [-0.4, -0.2) is 18.2 Å². The van der Waals surface area contributed by atoms with E-state index in [2.05, 4.69) is 10.4 Å². The molecule has 3 N–H and O–H groups in total. The highest BCUT2D eigenvalue weighted by molar-refractivity contribution is 5.44. The maximum Gasteiger partial charge on any atom is 0.161 e. The predicted octanol–water partition coefficient (Wildman–Crippen LogP) is 1.99. The number of nitrogens with one attached hydrogen (secondary N) is 1. The van der Waals surface area contributed by atoms with Crippen molar-refractivity contribution in [1.82, 2.24) is 10.4 Å². The van der Waals surface area contributed by atoms with E-state index in [1.54, 1.807) is 0 Å². The van der Waals surface area contributed by atoms with Crippen LogP contribution in [0, 0.1) is 0 Å². The minimum absolute atomic E-state index is 0.0778. The fourth-order valence-electron chi connectivity index (χ4n) is 2.48. The molecule has 1 aromatic heterocycles. The lowest BCUT2D eigenvalue weighted by molar-refractivity contribution is 0.171. The third-order valence-electron chi connectivity index (χ3n) is 3.64. The Morgan fingerprint density at radius 1 is 1.10 bits per heavy atom. The molecule has 0 aliphatic carbocycles. The molecule has 0 saturated heterocycles. The van der Waals surface area contributed by atoms with E-state index in [4.69, 9.17) is 15.3 Å². The van der Waals surface area contributed by atoms with Crippen molar-refractivity contribution in [3.8, 4) is 11.5 Å². The van der Waals surface area contributed by atoms with E-state index in [0.29, 0.717) is 13.2 Å². The first-order chi connectivity index (χ1) is 10.4. The Kier molecular flexibility index (Phi) is 4.33. The van der Waals surface area contributed by atoms with Gasteiger partial charge in [-0.05, 0) is 48.2 Å². The summed E-state index contributed by atoms with van der Waals surface area (Å²) in [5.41, 5.74) is 5.24. The third kappa shape index (κ3) is 3.32. The van der Waals surface area contributed by atoms with Crippen molar-refractivity contribution < 1.29 is 9.47 Å². The second-order valence-corrected chi connectivity index (χ2v) is 5.02. The molecule has 0 spiro atoms. The highest BCUT2D eigenvalue weighted by atomic mass is 16.6. The van der Waals surface area contributed by atoms with Gasteiger partial charge in [0.25, 0.3) is 0 Å². The number of fused-ring (bicyclic) bond motifs is 1. The summed E-state index contributed by atoms with van der Waals surface area (Å²) in [4.78, 5) is 4.03. The standard InChI is InChI=1S/C16H19N3O2/c17-19-14(3-1-12-5-7-18-8-6-12)13-2-4-15-16(11-13)21-10-9-20-15/h2,4-8,11,14,19H,1,3,9-10,17H2. The van der Waals surface area contributed by atoms with E-state index < -0.39 is 0 Å². The number of nitrogens with zero attached hydrogens (tertiary/aromatic N) is 1. The lowest BCUT2D eigenvalue weighted by Crippen LogP contribution is -2.28. The summed E-state index contributed by atoms with van der Waals surface area (Å²) in [6, 6.07) is 10.1. The van der Waals surface area contributed by atoms with Crippen molar-refractivity contribution in [1.29, 1.82) is 0 Å². The zero-order valence-corrected chi connectivity index (χ0v) is 11.8. The Labute approximate surface area is 124 Å². The Morgan fingerprint density at radius 3 is 2.62 bits per heavy atom. The van der Waals surface area contributed by atoms with Gasteiger partial charge >= 0.3 is 0 Å². The molecular weight excluding hydrogens is 266 g/mol. The van der Waals surface area contributed by atoms with Crippen LogP contribution in [-0.2, 0) is 6.42 Å². The molecule has 2 aromatic rings. The SMILES string of the molecule is NNC(CCc1ccncc1)c1ccc2c(c1)OCCO2. The Bertz CT molecular complexity index is 589.